The standard InChI is InChI=1S/C13H25NO2/c1-13(2,3)16-12(15)9-10-14-11-7-5-4-6-8-11/h11,14H,4-10H2,1-3H3. The molecule has 0 heterocycles. The van der Waals surface area contributed by atoms with Gasteiger partial charge in [0.05, 0.1) is 6.42 Å². The predicted octanol–water partition coefficient (Wildman–Crippen LogP) is 2.64. The maximum Gasteiger partial charge on any atom is 0.307 e. The zero-order valence-electron chi connectivity index (χ0n) is 10.8. The molecule has 0 atom stereocenters. The number of rotatable bonds is 4. The highest BCUT2D eigenvalue weighted by Gasteiger charge is 2.17. The number of carbonyl (C=O) groups excluding carboxylic acids is 1. The molecule has 0 spiro atoms. The lowest BCUT2D eigenvalue weighted by Crippen LogP contribution is -2.33. The minimum Gasteiger partial charge on any atom is -0.460 e. The van der Waals surface area contributed by atoms with Crippen molar-refractivity contribution in [2.24, 2.45) is 0 Å². The zero-order chi connectivity index (χ0) is 12.0. The number of nitrogens with one attached hydrogen (secondary N) is 1. The quantitative estimate of drug-likeness (QED) is 0.750. The van der Waals surface area contributed by atoms with Gasteiger partial charge in [-0.15, -0.1) is 0 Å². The highest BCUT2D eigenvalue weighted by molar-refractivity contribution is 5.70. The third kappa shape index (κ3) is 6.11. The van der Waals surface area contributed by atoms with Crippen molar-refractivity contribution in [1.82, 2.24) is 5.32 Å². The Labute approximate surface area is 98.9 Å². The van der Waals surface area contributed by atoms with E-state index in [9.17, 15) is 4.79 Å². The van der Waals surface area contributed by atoms with E-state index in [1.165, 1.54) is 32.1 Å². The molecule has 0 aromatic carbocycles. The molecule has 1 saturated carbocycles. The fourth-order valence-corrected chi connectivity index (χ4v) is 2.08. The van der Waals surface area contributed by atoms with Crippen molar-refractivity contribution in [2.45, 2.75) is 70.9 Å². The Bertz CT molecular complexity index is 214. The van der Waals surface area contributed by atoms with Gasteiger partial charge in [0.25, 0.3) is 0 Å². The third-order valence-corrected chi connectivity index (χ3v) is 2.79. The Morgan fingerprint density at radius 1 is 1.25 bits per heavy atom. The number of hydrogen-bond acceptors (Lipinski definition) is 3. The monoisotopic (exact) mass is 227 g/mol. The lowest BCUT2D eigenvalue weighted by Gasteiger charge is -2.23. The van der Waals surface area contributed by atoms with Crippen LogP contribution in [-0.4, -0.2) is 24.2 Å². The Morgan fingerprint density at radius 2 is 1.88 bits per heavy atom. The minimum absolute atomic E-state index is 0.101. The zero-order valence-corrected chi connectivity index (χ0v) is 10.8. The fraction of sp³-hybridized carbons (Fsp3) is 0.923. The molecular weight excluding hydrogens is 202 g/mol. The summed E-state index contributed by atoms with van der Waals surface area (Å²) in [6.45, 7) is 6.46. The smallest absolute Gasteiger partial charge is 0.307 e. The van der Waals surface area contributed by atoms with Crippen LogP contribution in [0.4, 0.5) is 0 Å². The predicted molar refractivity (Wildman–Crippen MR) is 65.3 cm³/mol. The summed E-state index contributed by atoms with van der Waals surface area (Å²) in [6, 6.07) is 0.621. The van der Waals surface area contributed by atoms with Gasteiger partial charge in [-0.3, -0.25) is 4.79 Å². The second-order valence-corrected chi connectivity index (χ2v) is 5.63. The first-order valence-electron chi connectivity index (χ1n) is 6.42. The summed E-state index contributed by atoms with van der Waals surface area (Å²) in [5.74, 6) is -0.101. The van der Waals surface area contributed by atoms with Crippen molar-refractivity contribution < 1.29 is 9.53 Å². The van der Waals surface area contributed by atoms with E-state index in [2.05, 4.69) is 5.32 Å². The Balaban J connectivity index is 2.08. The summed E-state index contributed by atoms with van der Waals surface area (Å²) in [4.78, 5) is 11.4. The van der Waals surface area contributed by atoms with E-state index in [-0.39, 0.29) is 11.6 Å². The molecule has 1 aliphatic carbocycles. The van der Waals surface area contributed by atoms with Crippen molar-refractivity contribution in [1.29, 1.82) is 0 Å². The summed E-state index contributed by atoms with van der Waals surface area (Å²) in [5, 5.41) is 3.44. The van der Waals surface area contributed by atoms with Crippen molar-refractivity contribution in [3.63, 3.8) is 0 Å². The van der Waals surface area contributed by atoms with Gasteiger partial charge in [-0.2, -0.15) is 0 Å². The Morgan fingerprint density at radius 3 is 2.44 bits per heavy atom. The first kappa shape index (κ1) is 13.5. The molecule has 94 valence electrons. The van der Waals surface area contributed by atoms with E-state index in [1.54, 1.807) is 0 Å². The maximum atomic E-state index is 11.4. The highest BCUT2D eigenvalue weighted by atomic mass is 16.6. The van der Waals surface area contributed by atoms with E-state index < -0.39 is 0 Å². The van der Waals surface area contributed by atoms with E-state index >= 15 is 0 Å². The molecular formula is C13H25NO2. The van der Waals surface area contributed by atoms with Crippen LogP contribution in [-0.2, 0) is 9.53 Å². The molecule has 0 radical (unpaired) electrons. The number of esters is 1. The molecule has 3 heteroatoms. The second-order valence-electron chi connectivity index (χ2n) is 5.63. The van der Waals surface area contributed by atoms with Gasteiger partial charge >= 0.3 is 5.97 Å². The lowest BCUT2D eigenvalue weighted by molar-refractivity contribution is -0.154. The second kappa shape index (κ2) is 6.24. The Kier molecular flexibility index (Phi) is 5.26. The van der Waals surface area contributed by atoms with Crippen LogP contribution in [0.25, 0.3) is 0 Å². The van der Waals surface area contributed by atoms with Crippen molar-refractivity contribution >= 4 is 5.97 Å². The van der Waals surface area contributed by atoms with Crippen LogP contribution in [0.15, 0.2) is 0 Å². The summed E-state index contributed by atoms with van der Waals surface area (Å²) < 4.78 is 5.25. The van der Waals surface area contributed by atoms with Crippen LogP contribution in [0.1, 0.15) is 59.3 Å². The van der Waals surface area contributed by atoms with Crippen molar-refractivity contribution in [3.05, 3.63) is 0 Å². The van der Waals surface area contributed by atoms with Gasteiger partial charge in [0.2, 0.25) is 0 Å². The van der Waals surface area contributed by atoms with Crippen LogP contribution in [0.2, 0.25) is 0 Å². The third-order valence-electron chi connectivity index (χ3n) is 2.79. The maximum absolute atomic E-state index is 11.4. The molecule has 0 bridgehead atoms. The molecule has 1 fully saturated rings. The molecule has 1 aliphatic rings. The molecule has 0 amide bonds. The van der Waals surface area contributed by atoms with Gasteiger partial charge < -0.3 is 10.1 Å². The van der Waals surface area contributed by atoms with Gasteiger partial charge in [-0.25, -0.2) is 0 Å². The largest absolute Gasteiger partial charge is 0.460 e. The van der Waals surface area contributed by atoms with Crippen LogP contribution in [0.3, 0.4) is 0 Å². The molecule has 0 aromatic heterocycles. The molecule has 0 aromatic rings. The van der Waals surface area contributed by atoms with Crippen LogP contribution < -0.4 is 5.32 Å². The van der Waals surface area contributed by atoms with Gasteiger partial charge in [0.1, 0.15) is 5.60 Å². The number of ether oxygens (including phenoxy) is 1. The average molecular weight is 227 g/mol. The topological polar surface area (TPSA) is 38.3 Å². The van der Waals surface area contributed by atoms with Crippen LogP contribution in [0, 0.1) is 0 Å². The Hall–Kier alpha value is -0.570. The van der Waals surface area contributed by atoms with Crippen molar-refractivity contribution in [3.8, 4) is 0 Å². The number of hydrogen-bond donors (Lipinski definition) is 1. The number of carbonyl (C=O) groups is 1. The molecule has 0 aliphatic heterocycles. The lowest BCUT2D eigenvalue weighted by atomic mass is 9.95. The summed E-state index contributed by atoms with van der Waals surface area (Å²) >= 11 is 0. The average Bonchev–Trinajstić information content (AvgIpc) is 2.16. The molecule has 0 saturated heterocycles. The minimum atomic E-state index is -0.359. The summed E-state index contributed by atoms with van der Waals surface area (Å²) in [5.41, 5.74) is -0.359. The van der Waals surface area contributed by atoms with Gasteiger partial charge in [-0.05, 0) is 33.6 Å². The van der Waals surface area contributed by atoms with E-state index in [4.69, 9.17) is 4.74 Å². The normalized spacial score (nSPS) is 18.4. The van der Waals surface area contributed by atoms with Gasteiger partial charge in [0.15, 0.2) is 0 Å². The van der Waals surface area contributed by atoms with E-state index in [0.717, 1.165) is 6.54 Å². The fourth-order valence-electron chi connectivity index (χ4n) is 2.08. The van der Waals surface area contributed by atoms with E-state index in [0.29, 0.717) is 12.5 Å². The molecule has 16 heavy (non-hydrogen) atoms. The molecule has 1 N–H and O–H groups in total. The SMILES string of the molecule is CC(C)(C)OC(=O)CCNC1CCCCC1. The first-order chi connectivity index (χ1) is 7.47. The van der Waals surface area contributed by atoms with Gasteiger partial charge in [-0.1, -0.05) is 19.3 Å². The summed E-state index contributed by atoms with van der Waals surface area (Å²) in [6.07, 6.45) is 7.01. The van der Waals surface area contributed by atoms with E-state index in [1.807, 2.05) is 20.8 Å². The molecule has 0 unspecified atom stereocenters. The highest BCUT2D eigenvalue weighted by Crippen LogP contribution is 2.17. The van der Waals surface area contributed by atoms with Crippen LogP contribution in [0.5, 0.6) is 0 Å². The van der Waals surface area contributed by atoms with Gasteiger partial charge in [0, 0.05) is 12.6 Å². The first-order valence-corrected chi connectivity index (χ1v) is 6.42. The molecule has 1 rings (SSSR count). The van der Waals surface area contributed by atoms with Crippen LogP contribution >= 0.6 is 0 Å². The summed E-state index contributed by atoms with van der Waals surface area (Å²) in [7, 11) is 0. The van der Waals surface area contributed by atoms with Crippen molar-refractivity contribution in [2.75, 3.05) is 6.54 Å². The molecule has 3 nitrogen and oxygen atoms in total.